The summed E-state index contributed by atoms with van der Waals surface area (Å²) in [6, 6.07) is 5.73. The van der Waals surface area contributed by atoms with Crippen LogP contribution in [0.15, 0.2) is 18.2 Å². The molecule has 86 valence electrons. The molecule has 2 rings (SSSR count). The third kappa shape index (κ3) is 2.04. The summed E-state index contributed by atoms with van der Waals surface area (Å²) in [5.74, 6) is 0.870. The van der Waals surface area contributed by atoms with Crippen molar-refractivity contribution in [3.63, 3.8) is 0 Å². The van der Waals surface area contributed by atoms with Crippen LogP contribution in [-0.4, -0.2) is 18.3 Å². The van der Waals surface area contributed by atoms with Gasteiger partial charge in [0.05, 0.1) is 10.7 Å². The number of halogens is 2. The number of benzene rings is 1. The maximum atomic E-state index is 11.8. The Kier molecular flexibility index (Phi) is 3.41. The van der Waals surface area contributed by atoms with Gasteiger partial charge >= 0.3 is 0 Å². The van der Waals surface area contributed by atoms with Crippen molar-refractivity contribution in [2.45, 2.75) is 13.3 Å². The van der Waals surface area contributed by atoms with Gasteiger partial charge in [-0.25, -0.2) is 0 Å². The van der Waals surface area contributed by atoms with Crippen LogP contribution in [0.1, 0.15) is 12.0 Å². The molecule has 1 atom stereocenters. The number of hydrogen-bond donors (Lipinski definition) is 0. The maximum Gasteiger partial charge on any atom is 0.227 e. The lowest BCUT2D eigenvalue weighted by atomic mass is 10.1. The lowest BCUT2D eigenvalue weighted by molar-refractivity contribution is -0.117. The van der Waals surface area contributed by atoms with Crippen molar-refractivity contribution in [2.24, 2.45) is 5.92 Å². The Morgan fingerprint density at radius 3 is 2.88 bits per heavy atom. The number of amides is 1. The molecular weight excluding hydrogens is 245 g/mol. The van der Waals surface area contributed by atoms with Crippen LogP contribution in [0, 0.1) is 12.8 Å². The second-order valence-corrected chi connectivity index (χ2v) is 4.82. The van der Waals surface area contributed by atoms with Gasteiger partial charge in [0.1, 0.15) is 0 Å². The molecule has 0 spiro atoms. The summed E-state index contributed by atoms with van der Waals surface area (Å²) in [7, 11) is 0. The van der Waals surface area contributed by atoms with Crippen LogP contribution in [0.4, 0.5) is 5.69 Å². The molecule has 16 heavy (non-hydrogen) atoms. The number of nitrogens with zero attached hydrogens (tertiary/aromatic N) is 1. The minimum Gasteiger partial charge on any atom is -0.311 e. The number of hydrogen-bond acceptors (Lipinski definition) is 1. The molecular formula is C12H13Cl2NO. The lowest BCUT2D eigenvalue weighted by Gasteiger charge is -2.18. The van der Waals surface area contributed by atoms with Gasteiger partial charge in [0, 0.05) is 18.8 Å². The van der Waals surface area contributed by atoms with E-state index in [1.165, 1.54) is 0 Å². The highest BCUT2D eigenvalue weighted by molar-refractivity contribution is 6.34. The molecule has 0 aromatic heterocycles. The first-order valence-electron chi connectivity index (χ1n) is 5.25. The Labute approximate surface area is 105 Å². The largest absolute Gasteiger partial charge is 0.311 e. The lowest BCUT2D eigenvalue weighted by Crippen LogP contribution is -2.25. The van der Waals surface area contributed by atoms with E-state index in [1.54, 1.807) is 4.90 Å². The van der Waals surface area contributed by atoms with Crippen molar-refractivity contribution >= 4 is 34.8 Å². The standard InChI is InChI=1S/C12H13Cl2NO/c1-8-3-2-4-10(12(8)14)15-7-9(6-13)5-11(15)16/h2-4,9H,5-7H2,1H3. The number of anilines is 1. The van der Waals surface area contributed by atoms with Crippen molar-refractivity contribution in [3.8, 4) is 0 Å². The minimum absolute atomic E-state index is 0.109. The quantitative estimate of drug-likeness (QED) is 0.746. The van der Waals surface area contributed by atoms with Gasteiger partial charge < -0.3 is 4.90 Å². The Balaban J connectivity index is 2.31. The van der Waals surface area contributed by atoms with Crippen molar-refractivity contribution in [1.82, 2.24) is 0 Å². The minimum atomic E-state index is 0.109. The molecule has 4 heteroatoms. The SMILES string of the molecule is Cc1cccc(N2CC(CCl)CC2=O)c1Cl. The van der Waals surface area contributed by atoms with Gasteiger partial charge in [-0.2, -0.15) is 0 Å². The third-order valence-corrected chi connectivity index (χ3v) is 3.81. The van der Waals surface area contributed by atoms with Crippen LogP contribution in [0.3, 0.4) is 0 Å². The van der Waals surface area contributed by atoms with Gasteiger partial charge in [-0.3, -0.25) is 4.79 Å². The Hall–Kier alpha value is -0.730. The molecule has 1 fully saturated rings. The summed E-state index contributed by atoms with van der Waals surface area (Å²) < 4.78 is 0. The van der Waals surface area contributed by atoms with Crippen LogP contribution < -0.4 is 4.90 Å². The second-order valence-electron chi connectivity index (χ2n) is 4.14. The number of alkyl halides is 1. The van der Waals surface area contributed by atoms with E-state index in [1.807, 2.05) is 25.1 Å². The normalized spacial score (nSPS) is 20.6. The van der Waals surface area contributed by atoms with Crippen molar-refractivity contribution in [1.29, 1.82) is 0 Å². The van der Waals surface area contributed by atoms with Gasteiger partial charge in [0.25, 0.3) is 0 Å². The molecule has 1 unspecified atom stereocenters. The average Bonchev–Trinajstić information content (AvgIpc) is 2.64. The second kappa shape index (κ2) is 4.64. The number of aryl methyl sites for hydroxylation is 1. The maximum absolute atomic E-state index is 11.8. The number of carbonyl (C=O) groups excluding carboxylic acids is 1. The van der Waals surface area contributed by atoms with E-state index in [2.05, 4.69) is 0 Å². The van der Waals surface area contributed by atoms with E-state index in [9.17, 15) is 4.79 Å². The topological polar surface area (TPSA) is 20.3 Å². The molecule has 2 nitrogen and oxygen atoms in total. The van der Waals surface area contributed by atoms with E-state index in [0.717, 1.165) is 11.3 Å². The molecule has 1 saturated heterocycles. The summed E-state index contributed by atoms with van der Waals surface area (Å²) in [6.45, 7) is 2.61. The van der Waals surface area contributed by atoms with E-state index >= 15 is 0 Å². The summed E-state index contributed by atoms with van der Waals surface area (Å²) in [4.78, 5) is 13.6. The van der Waals surface area contributed by atoms with E-state index in [4.69, 9.17) is 23.2 Å². The molecule has 1 amide bonds. The fourth-order valence-corrected chi connectivity index (χ4v) is 2.39. The molecule has 0 bridgehead atoms. The van der Waals surface area contributed by atoms with E-state index in [0.29, 0.717) is 23.9 Å². The molecule has 1 aliphatic rings. The average molecular weight is 258 g/mol. The predicted octanol–water partition coefficient (Wildman–Crippen LogP) is 3.24. The van der Waals surface area contributed by atoms with Gasteiger partial charge in [0.2, 0.25) is 5.91 Å². The Morgan fingerprint density at radius 1 is 1.50 bits per heavy atom. The number of rotatable bonds is 2. The molecule has 1 aliphatic heterocycles. The zero-order valence-electron chi connectivity index (χ0n) is 9.04. The Bertz CT molecular complexity index is 419. The van der Waals surface area contributed by atoms with Gasteiger partial charge in [-0.15, -0.1) is 11.6 Å². The first-order valence-corrected chi connectivity index (χ1v) is 6.16. The Morgan fingerprint density at radius 2 is 2.25 bits per heavy atom. The summed E-state index contributed by atoms with van der Waals surface area (Å²) >= 11 is 12.0. The molecule has 0 radical (unpaired) electrons. The predicted molar refractivity (Wildman–Crippen MR) is 67.4 cm³/mol. The van der Waals surface area contributed by atoms with Crippen LogP contribution >= 0.6 is 23.2 Å². The monoisotopic (exact) mass is 257 g/mol. The highest BCUT2D eigenvalue weighted by Crippen LogP contribution is 2.33. The molecule has 0 N–H and O–H groups in total. The van der Waals surface area contributed by atoms with Crippen LogP contribution in [-0.2, 0) is 4.79 Å². The zero-order valence-corrected chi connectivity index (χ0v) is 10.6. The van der Waals surface area contributed by atoms with Crippen molar-refractivity contribution in [3.05, 3.63) is 28.8 Å². The van der Waals surface area contributed by atoms with E-state index in [-0.39, 0.29) is 11.8 Å². The van der Waals surface area contributed by atoms with Crippen LogP contribution in [0.5, 0.6) is 0 Å². The van der Waals surface area contributed by atoms with Gasteiger partial charge in [0.15, 0.2) is 0 Å². The van der Waals surface area contributed by atoms with E-state index < -0.39 is 0 Å². The first kappa shape index (κ1) is 11.7. The zero-order chi connectivity index (χ0) is 11.7. The number of carbonyl (C=O) groups is 1. The highest BCUT2D eigenvalue weighted by Gasteiger charge is 2.31. The summed E-state index contributed by atoms with van der Waals surface area (Å²) in [6.07, 6.45) is 0.522. The van der Waals surface area contributed by atoms with Crippen molar-refractivity contribution in [2.75, 3.05) is 17.3 Å². The first-order chi connectivity index (χ1) is 7.63. The van der Waals surface area contributed by atoms with Crippen LogP contribution in [0.25, 0.3) is 0 Å². The van der Waals surface area contributed by atoms with Gasteiger partial charge in [-0.1, -0.05) is 23.7 Å². The smallest absolute Gasteiger partial charge is 0.227 e. The molecule has 1 heterocycles. The van der Waals surface area contributed by atoms with Crippen LogP contribution in [0.2, 0.25) is 5.02 Å². The van der Waals surface area contributed by atoms with Gasteiger partial charge in [-0.05, 0) is 24.5 Å². The fourth-order valence-electron chi connectivity index (χ4n) is 1.96. The summed E-state index contributed by atoms with van der Waals surface area (Å²) in [5, 5.41) is 0.658. The fraction of sp³-hybridized carbons (Fsp3) is 0.417. The summed E-state index contributed by atoms with van der Waals surface area (Å²) in [5.41, 5.74) is 1.79. The van der Waals surface area contributed by atoms with Crippen molar-refractivity contribution < 1.29 is 4.79 Å². The highest BCUT2D eigenvalue weighted by atomic mass is 35.5. The molecule has 0 aliphatic carbocycles. The molecule has 1 aromatic rings. The molecule has 1 aromatic carbocycles. The molecule has 0 saturated carbocycles. The third-order valence-electron chi connectivity index (χ3n) is 2.89.